The average molecular weight is 276 g/mol. The number of carbonyl (C=O) groups is 2. The van der Waals surface area contributed by atoms with Crippen LogP contribution in [0, 0.1) is 10.8 Å². The van der Waals surface area contributed by atoms with Gasteiger partial charge in [0.05, 0.1) is 12.6 Å². The van der Waals surface area contributed by atoms with Gasteiger partial charge in [-0.2, -0.15) is 0 Å². The van der Waals surface area contributed by atoms with Crippen LogP contribution in [-0.2, 0) is 9.59 Å². The Balaban J connectivity index is 4.57. The minimum Gasteiger partial charge on any atom is -0.547 e. The van der Waals surface area contributed by atoms with Crippen LogP contribution in [0.15, 0.2) is 0 Å². The van der Waals surface area contributed by atoms with Crippen LogP contribution in [-0.4, -0.2) is 52.6 Å². The normalized spacial score (nSPS) is 15.7. The summed E-state index contributed by atoms with van der Waals surface area (Å²) in [5, 5.41) is 41.1. The summed E-state index contributed by atoms with van der Waals surface area (Å²) in [6, 6.07) is 0. The van der Waals surface area contributed by atoms with Gasteiger partial charge in [0.2, 0.25) is 5.91 Å². The summed E-state index contributed by atoms with van der Waals surface area (Å²) in [6.07, 6.45) is -3.18. The minimum absolute atomic E-state index is 0.153. The molecule has 0 rings (SSSR count). The van der Waals surface area contributed by atoms with Crippen LogP contribution in [0.4, 0.5) is 0 Å². The Bertz CT molecular complexity index is 339. The highest BCUT2D eigenvalue weighted by Crippen LogP contribution is 2.22. The number of hydrogen-bond donors (Lipinski definition) is 4. The summed E-state index contributed by atoms with van der Waals surface area (Å²) >= 11 is 0. The number of carboxylic acids is 1. The number of carboxylic acid groups (broad SMARTS) is 1. The first-order valence-electron chi connectivity index (χ1n) is 5.91. The highest BCUT2D eigenvalue weighted by Gasteiger charge is 2.35. The van der Waals surface area contributed by atoms with Crippen LogP contribution >= 0.6 is 0 Å². The molecule has 0 radical (unpaired) electrons. The highest BCUT2D eigenvalue weighted by molar-refractivity contribution is 5.81. The molecule has 0 saturated carbocycles. The van der Waals surface area contributed by atoms with Crippen LogP contribution in [0.25, 0.3) is 0 Å². The topological polar surface area (TPSA) is 130 Å². The van der Waals surface area contributed by atoms with E-state index in [-0.39, 0.29) is 13.2 Å². The molecule has 0 aromatic rings. The number of rotatable bonds is 7. The molecule has 1 amide bonds. The molecule has 0 saturated heterocycles. The molecule has 0 spiro atoms. The van der Waals surface area contributed by atoms with Gasteiger partial charge >= 0.3 is 0 Å². The van der Waals surface area contributed by atoms with Crippen molar-refractivity contribution in [3.63, 3.8) is 0 Å². The Labute approximate surface area is 112 Å². The van der Waals surface area contributed by atoms with Crippen molar-refractivity contribution in [2.24, 2.45) is 10.8 Å². The summed E-state index contributed by atoms with van der Waals surface area (Å²) in [7, 11) is 0. The number of amides is 1. The number of hydrogen-bond acceptors (Lipinski definition) is 6. The van der Waals surface area contributed by atoms with Crippen molar-refractivity contribution in [1.82, 2.24) is 5.32 Å². The lowest BCUT2D eigenvalue weighted by molar-refractivity contribution is -0.319. The zero-order chi connectivity index (χ0) is 15.4. The average Bonchev–Trinajstić information content (AvgIpc) is 2.33. The fourth-order valence-electron chi connectivity index (χ4n) is 1.27. The molecule has 19 heavy (non-hydrogen) atoms. The van der Waals surface area contributed by atoms with Gasteiger partial charge in [-0.3, -0.25) is 4.79 Å². The van der Waals surface area contributed by atoms with E-state index in [0.29, 0.717) is 0 Å². The fourth-order valence-corrected chi connectivity index (χ4v) is 1.27. The molecule has 4 N–H and O–H groups in total. The zero-order valence-corrected chi connectivity index (χ0v) is 11.6. The second-order valence-corrected chi connectivity index (χ2v) is 5.98. The Kier molecular flexibility index (Phi) is 5.92. The van der Waals surface area contributed by atoms with Crippen molar-refractivity contribution in [2.45, 2.75) is 39.9 Å². The second-order valence-electron chi connectivity index (χ2n) is 5.98. The van der Waals surface area contributed by atoms with Crippen molar-refractivity contribution >= 4 is 11.9 Å². The standard InChI is InChI=1S/C12H23NO6/c1-11(2,8(16)10(18)19)5-13-9(17)7(15)12(3,4)6-14/h7-8,14-16H,5-6H2,1-4H3,(H,13,17)(H,18,19)/p-1/t7-,8-/m1/s1. The van der Waals surface area contributed by atoms with Gasteiger partial charge in [0, 0.05) is 17.4 Å². The second kappa shape index (κ2) is 6.31. The van der Waals surface area contributed by atoms with E-state index >= 15 is 0 Å². The Morgan fingerprint density at radius 3 is 1.95 bits per heavy atom. The van der Waals surface area contributed by atoms with Gasteiger partial charge in [-0.15, -0.1) is 0 Å². The van der Waals surface area contributed by atoms with Crippen molar-refractivity contribution < 1.29 is 30.0 Å². The first-order valence-corrected chi connectivity index (χ1v) is 5.91. The lowest BCUT2D eigenvalue weighted by Gasteiger charge is -2.33. The fraction of sp³-hybridized carbons (Fsp3) is 0.833. The van der Waals surface area contributed by atoms with Crippen molar-refractivity contribution in [3.8, 4) is 0 Å². The molecule has 0 bridgehead atoms. The van der Waals surface area contributed by atoms with Gasteiger partial charge in [-0.25, -0.2) is 0 Å². The first kappa shape index (κ1) is 17.8. The summed E-state index contributed by atoms with van der Waals surface area (Å²) in [4.78, 5) is 22.2. The van der Waals surface area contributed by atoms with Crippen LogP contribution < -0.4 is 10.4 Å². The van der Waals surface area contributed by atoms with E-state index in [0.717, 1.165) is 0 Å². The molecule has 0 aliphatic carbocycles. The molecule has 7 heteroatoms. The molecule has 112 valence electrons. The predicted molar refractivity (Wildman–Crippen MR) is 64.7 cm³/mol. The largest absolute Gasteiger partial charge is 0.547 e. The molecule has 0 aromatic carbocycles. The summed E-state index contributed by atoms with van der Waals surface area (Å²) in [6.45, 7) is 5.37. The minimum atomic E-state index is -1.74. The van der Waals surface area contributed by atoms with E-state index in [1.165, 1.54) is 27.7 Å². The van der Waals surface area contributed by atoms with E-state index in [9.17, 15) is 24.9 Å². The Morgan fingerprint density at radius 1 is 1.11 bits per heavy atom. The molecular formula is C12H22NO6-. The third-order valence-electron chi connectivity index (χ3n) is 3.08. The molecule has 0 aliphatic heterocycles. The highest BCUT2D eigenvalue weighted by atomic mass is 16.4. The monoisotopic (exact) mass is 276 g/mol. The quantitative estimate of drug-likeness (QED) is 0.411. The molecule has 0 fully saturated rings. The number of carbonyl (C=O) groups excluding carboxylic acids is 2. The maximum absolute atomic E-state index is 11.7. The van der Waals surface area contributed by atoms with Gasteiger partial charge in [-0.05, 0) is 0 Å². The molecule has 0 aromatic heterocycles. The lowest BCUT2D eigenvalue weighted by atomic mass is 9.85. The van der Waals surface area contributed by atoms with Crippen molar-refractivity contribution in [1.29, 1.82) is 0 Å². The number of nitrogens with one attached hydrogen (secondary N) is 1. The van der Waals surface area contributed by atoms with Crippen LogP contribution in [0.1, 0.15) is 27.7 Å². The van der Waals surface area contributed by atoms with E-state index in [2.05, 4.69) is 5.32 Å². The van der Waals surface area contributed by atoms with Gasteiger partial charge < -0.3 is 30.5 Å². The Hall–Kier alpha value is -1.18. The van der Waals surface area contributed by atoms with E-state index in [4.69, 9.17) is 5.11 Å². The van der Waals surface area contributed by atoms with Gasteiger partial charge in [0.15, 0.2) is 0 Å². The summed E-state index contributed by atoms with van der Waals surface area (Å²) in [5.41, 5.74) is -2.15. The zero-order valence-electron chi connectivity index (χ0n) is 11.6. The molecule has 0 heterocycles. The van der Waals surface area contributed by atoms with Gasteiger partial charge in [0.1, 0.15) is 12.2 Å². The van der Waals surface area contributed by atoms with E-state index in [1.54, 1.807) is 0 Å². The molecule has 0 aliphatic rings. The molecule has 0 unspecified atom stereocenters. The maximum atomic E-state index is 11.7. The molecular weight excluding hydrogens is 254 g/mol. The summed E-state index contributed by atoms with van der Waals surface area (Å²) < 4.78 is 0. The van der Waals surface area contributed by atoms with Crippen LogP contribution in [0.2, 0.25) is 0 Å². The third-order valence-corrected chi connectivity index (χ3v) is 3.08. The Morgan fingerprint density at radius 2 is 1.58 bits per heavy atom. The van der Waals surface area contributed by atoms with Gasteiger partial charge in [-0.1, -0.05) is 27.7 Å². The number of aliphatic carboxylic acids is 1. The smallest absolute Gasteiger partial charge is 0.249 e. The van der Waals surface area contributed by atoms with Crippen molar-refractivity contribution in [2.75, 3.05) is 13.2 Å². The SMILES string of the molecule is CC(C)(CNC(=O)[C@@H](O)C(C)(C)CO)[C@H](O)C(=O)[O-]. The molecule has 7 nitrogen and oxygen atoms in total. The van der Waals surface area contributed by atoms with Crippen LogP contribution in [0.5, 0.6) is 0 Å². The van der Waals surface area contributed by atoms with E-state index < -0.39 is 34.9 Å². The lowest BCUT2D eigenvalue weighted by Crippen LogP contribution is -2.52. The maximum Gasteiger partial charge on any atom is 0.249 e. The first-order chi connectivity index (χ1) is 8.45. The summed E-state index contributed by atoms with van der Waals surface area (Å²) in [5.74, 6) is -2.37. The third kappa shape index (κ3) is 4.77. The number of aliphatic hydroxyl groups excluding tert-OH is 3. The van der Waals surface area contributed by atoms with Crippen molar-refractivity contribution in [3.05, 3.63) is 0 Å². The van der Waals surface area contributed by atoms with Crippen LogP contribution in [0.3, 0.4) is 0 Å². The number of aliphatic hydroxyl groups is 3. The predicted octanol–water partition coefficient (Wildman–Crippen LogP) is -2.38. The van der Waals surface area contributed by atoms with E-state index in [1.807, 2.05) is 0 Å². The molecule has 2 atom stereocenters. The van der Waals surface area contributed by atoms with Gasteiger partial charge in [0.25, 0.3) is 0 Å².